The number of carbonyl (C=O) groups excluding carboxylic acids is 2. The molecular weight excluding hydrogens is 318 g/mol. The average Bonchev–Trinajstić information content (AvgIpc) is 2.55. The Morgan fingerprint density at radius 3 is 2.62 bits per heavy atom. The molecule has 24 heavy (non-hydrogen) atoms. The predicted molar refractivity (Wildman–Crippen MR) is 83.0 cm³/mol. The Bertz CT molecular complexity index is 795. The Balaban J connectivity index is 2.07. The van der Waals surface area contributed by atoms with Crippen molar-refractivity contribution in [2.24, 2.45) is 0 Å². The van der Waals surface area contributed by atoms with Crippen LogP contribution in [0.15, 0.2) is 36.7 Å². The number of nitrogens with one attached hydrogen (secondary N) is 1. The minimum absolute atomic E-state index is 0.00517. The fourth-order valence-corrected chi connectivity index (χ4v) is 1.75. The highest BCUT2D eigenvalue weighted by molar-refractivity contribution is 5.99. The number of nitro groups is 1. The Morgan fingerprint density at radius 1 is 1.29 bits per heavy atom. The van der Waals surface area contributed by atoms with Gasteiger partial charge >= 0.3 is 5.97 Å². The maximum atomic E-state index is 12.1. The second-order valence-electron chi connectivity index (χ2n) is 4.60. The van der Waals surface area contributed by atoms with Gasteiger partial charge < -0.3 is 15.8 Å². The van der Waals surface area contributed by atoms with E-state index >= 15 is 0 Å². The molecule has 0 spiro atoms. The number of anilines is 2. The van der Waals surface area contributed by atoms with Crippen LogP contribution in [0.4, 0.5) is 17.2 Å². The summed E-state index contributed by atoms with van der Waals surface area (Å²) >= 11 is 0. The molecule has 0 unspecified atom stereocenters. The van der Waals surface area contributed by atoms with Gasteiger partial charge in [0.25, 0.3) is 11.6 Å². The molecule has 0 aliphatic heterocycles. The molecule has 0 fully saturated rings. The first-order valence-electron chi connectivity index (χ1n) is 6.72. The van der Waals surface area contributed by atoms with E-state index in [1.54, 1.807) is 0 Å². The van der Waals surface area contributed by atoms with Crippen molar-refractivity contribution < 1.29 is 19.2 Å². The molecule has 0 bridgehead atoms. The number of hydrogen-bond donors (Lipinski definition) is 2. The molecule has 1 amide bonds. The van der Waals surface area contributed by atoms with Gasteiger partial charge in [0.05, 0.1) is 4.92 Å². The zero-order chi connectivity index (χ0) is 17.7. The van der Waals surface area contributed by atoms with E-state index in [0.29, 0.717) is 0 Å². The van der Waals surface area contributed by atoms with E-state index < -0.39 is 22.9 Å². The van der Waals surface area contributed by atoms with Crippen molar-refractivity contribution >= 4 is 29.1 Å². The van der Waals surface area contributed by atoms with Gasteiger partial charge in [-0.05, 0) is 13.0 Å². The number of nitrogens with two attached hydrogens (primary N) is 1. The molecule has 124 valence electrons. The molecule has 2 aromatic rings. The van der Waals surface area contributed by atoms with Crippen LogP contribution in [-0.4, -0.2) is 32.9 Å². The highest BCUT2D eigenvalue weighted by atomic mass is 16.6. The SMILES string of the molecule is C[C@@H](OC(=O)c1nccnc1N)C(=O)Nc1ccccc1[N+](=O)[O-]. The number of amides is 1. The Morgan fingerprint density at radius 2 is 1.96 bits per heavy atom. The third-order valence-electron chi connectivity index (χ3n) is 2.93. The predicted octanol–water partition coefficient (Wildman–Crippen LogP) is 1.15. The number of benzene rings is 1. The topological polar surface area (TPSA) is 150 Å². The van der Waals surface area contributed by atoms with Gasteiger partial charge in [-0.3, -0.25) is 14.9 Å². The third-order valence-corrected chi connectivity index (χ3v) is 2.93. The number of nitrogen functional groups attached to an aromatic ring is 1. The minimum atomic E-state index is -1.22. The summed E-state index contributed by atoms with van der Waals surface area (Å²) in [7, 11) is 0. The summed E-state index contributed by atoms with van der Waals surface area (Å²) in [4.78, 5) is 41.7. The molecule has 1 aromatic carbocycles. The van der Waals surface area contributed by atoms with Gasteiger partial charge in [-0.15, -0.1) is 0 Å². The van der Waals surface area contributed by atoms with Gasteiger partial charge in [-0.25, -0.2) is 14.8 Å². The fraction of sp³-hybridized carbons (Fsp3) is 0.143. The lowest BCUT2D eigenvalue weighted by atomic mass is 10.2. The van der Waals surface area contributed by atoms with Gasteiger partial charge in [0.15, 0.2) is 17.6 Å². The number of hydrogen-bond acceptors (Lipinski definition) is 8. The molecule has 0 saturated heterocycles. The minimum Gasteiger partial charge on any atom is -0.448 e. The van der Waals surface area contributed by atoms with Crippen molar-refractivity contribution in [3.63, 3.8) is 0 Å². The lowest BCUT2D eigenvalue weighted by molar-refractivity contribution is -0.383. The molecule has 0 aliphatic carbocycles. The van der Waals surface area contributed by atoms with Gasteiger partial charge in [0, 0.05) is 18.5 Å². The number of ether oxygens (including phenoxy) is 1. The number of nitro benzene ring substituents is 1. The first kappa shape index (κ1) is 16.8. The summed E-state index contributed by atoms with van der Waals surface area (Å²) in [5, 5.41) is 13.3. The maximum Gasteiger partial charge on any atom is 0.361 e. The Labute approximate surface area is 135 Å². The summed E-state index contributed by atoms with van der Waals surface area (Å²) in [6.07, 6.45) is 1.33. The summed E-state index contributed by atoms with van der Waals surface area (Å²) in [5.74, 6) is -1.79. The average molecular weight is 331 g/mol. The molecule has 1 atom stereocenters. The molecule has 1 heterocycles. The molecule has 0 aliphatic rings. The molecule has 1 aromatic heterocycles. The zero-order valence-corrected chi connectivity index (χ0v) is 12.5. The van der Waals surface area contributed by atoms with Gasteiger partial charge in [-0.1, -0.05) is 12.1 Å². The van der Waals surface area contributed by atoms with E-state index in [4.69, 9.17) is 10.5 Å². The first-order valence-corrected chi connectivity index (χ1v) is 6.72. The van der Waals surface area contributed by atoms with Gasteiger partial charge in [-0.2, -0.15) is 0 Å². The molecule has 0 saturated carbocycles. The summed E-state index contributed by atoms with van der Waals surface area (Å²) in [6.45, 7) is 1.31. The van der Waals surface area contributed by atoms with Crippen molar-refractivity contribution in [1.29, 1.82) is 0 Å². The normalized spacial score (nSPS) is 11.4. The number of para-hydroxylation sites is 2. The smallest absolute Gasteiger partial charge is 0.361 e. The number of aromatic nitrogens is 2. The zero-order valence-electron chi connectivity index (χ0n) is 12.5. The second kappa shape index (κ2) is 7.13. The first-order chi connectivity index (χ1) is 11.4. The molecule has 0 radical (unpaired) electrons. The third kappa shape index (κ3) is 3.80. The van der Waals surface area contributed by atoms with Crippen LogP contribution in [0.5, 0.6) is 0 Å². The molecule has 2 rings (SSSR count). The molecule has 10 heteroatoms. The van der Waals surface area contributed by atoms with Crippen LogP contribution in [0.1, 0.15) is 17.4 Å². The highest BCUT2D eigenvalue weighted by Crippen LogP contribution is 2.23. The van der Waals surface area contributed by atoms with Crippen molar-refractivity contribution in [2.45, 2.75) is 13.0 Å². The quantitative estimate of drug-likeness (QED) is 0.470. The van der Waals surface area contributed by atoms with Crippen LogP contribution in [0, 0.1) is 10.1 Å². The van der Waals surface area contributed by atoms with Crippen LogP contribution in [0.2, 0.25) is 0 Å². The Hall–Kier alpha value is -3.56. The molecule has 3 N–H and O–H groups in total. The van der Waals surface area contributed by atoms with Gasteiger partial charge in [0.2, 0.25) is 0 Å². The van der Waals surface area contributed by atoms with E-state index in [1.165, 1.54) is 43.6 Å². The lowest BCUT2D eigenvalue weighted by Gasteiger charge is -2.13. The second-order valence-corrected chi connectivity index (χ2v) is 4.60. The summed E-state index contributed by atoms with van der Waals surface area (Å²) in [6, 6.07) is 5.60. The van der Waals surface area contributed by atoms with Crippen LogP contribution in [0.25, 0.3) is 0 Å². The van der Waals surface area contributed by atoms with Crippen LogP contribution in [0.3, 0.4) is 0 Å². The van der Waals surface area contributed by atoms with Crippen molar-refractivity contribution in [2.75, 3.05) is 11.1 Å². The van der Waals surface area contributed by atoms with E-state index in [1.807, 2.05) is 0 Å². The summed E-state index contributed by atoms with van der Waals surface area (Å²) < 4.78 is 4.95. The van der Waals surface area contributed by atoms with Crippen molar-refractivity contribution in [1.82, 2.24) is 9.97 Å². The number of nitrogens with zero attached hydrogens (tertiary/aromatic N) is 3. The van der Waals surface area contributed by atoms with Crippen LogP contribution >= 0.6 is 0 Å². The molecule has 10 nitrogen and oxygen atoms in total. The van der Waals surface area contributed by atoms with E-state index in [0.717, 1.165) is 0 Å². The fourth-order valence-electron chi connectivity index (χ4n) is 1.75. The largest absolute Gasteiger partial charge is 0.448 e. The number of esters is 1. The van der Waals surface area contributed by atoms with Crippen molar-refractivity contribution in [3.05, 3.63) is 52.5 Å². The van der Waals surface area contributed by atoms with Gasteiger partial charge in [0.1, 0.15) is 5.69 Å². The van der Waals surface area contributed by atoms with Crippen LogP contribution < -0.4 is 11.1 Å². The van der Waals surface area contributed by atoms with E-state index in [2.05, 4.69) is 15.3 Å². The van der Waals surface area contributed by atoms with Crippen molar-refractivity contribution in [3.8, 4) is 0 Å². The number of carbonyl (C=O) groups is 2. The van der Waals surface area contributed by atoms with E-state index in [-0.39, 0.29) is 22.9 Å². The maximum absolute atomic E-state index is 12.1. The van der Waals surface area contributed by atoms with E-state index in [9.17, 15) is 19.7 Å². The highest BCUT2D eigenvalue weighted by Gasteiger charge is 2.23. The molecular formula is C14H13N5O5. The Kier molecular flexibility index (Phi) is 5.00. The summed E-state index contributed by atoms with van der Waals surface area (Å²) in [5.41, 5.74) is 5.00. The van der Waals surface area contributed by atoms with Crippen LogP contribution in [-0.2, 0) is 9.53 Å². The number of rotatable bonds is 5. The standard InChI is InChI=1S/C14H13N5O5/c1-8(24-14(21)11-12(15)17-7-6-16-11)13(20)18-9-4-2-3-5-10(9)19(22)23/h2-8H,1H3,(H2,15,17)(H,18,20)/t8-/m1/s1. The monoisotopic (exact) mass is 331 g/mol. The lowest BCUT2D eigenvalue weighted by Crippen LogP contribution is -2.30.